The Labute approximate surface area is 204 Å². The van der Waals surface area contributed by atoms with E-state index >= 15 is 0 Å². The summed E-state index contributed by atoms with van der Waals surface area (Å²) >= 11 is 0. The number of halogens is 1. The molecule has 35 heavy (non-hydrogen) atoms. The summed E-state index contributed by atoms with van der Waals surface area (Å²) in [6, 6.07) is 25.0. The molecule has 5 nitrogen and oxygen atoms in total. The number of methoxy groups -OCH3 is 1. The lowest BCUT2D eigenvalue weighted by Gasteiger charge is -2.30. The predicted molar refractivity (Wildman–Crippen MR) is 134 cm³/mol. The lowest BCUT2D eigenvalue weighted by Crippen LogP contribution is -2.40. The molecule has 0 aliphatic carbocycles. The topological polar surface area (TPSA) is 47.4 Å². The average Bonchev–Trinajstić information content (AvgIpc) is 2.89. The second kappa shape index (κ2) is 9.84. The van der Waals surface area contributed by atoms with Crippen molar-refractivity contribution in [3.63, 3.8) is 0 Å². The van der Waals surface area contributed by atoms with E-state index in [1.54, 1.807) is 22.8 Å². The van der Waals surface area contributed by atoms with Crippen LogP contribution in [0, 0.1) is 12.7 Å². The van der Waals surface area contributed by atoms with E-state index in [2.05, 4.69) is 4.90 Å². The Morgan fingerprint density at radius 2 is 1.63 bits per heavy atom. The summed E-state index contributed by atoms with van der Waals surface area (Å²) < 4.78 is 21.7. The summed E-state index contributed by atoms with van der Waals surface area (Å²) in [5.74, 6) is 0.570. The van der Waals surface area contributed by atoms with Crippen molar-refractivity contribution < 1.29 is 9.13 Å². The van der Waals surface area contributed by atoms with Gasteiger partial charge in [-0.2, -0.15) is 0 Å². The smallest absolute Gasteiger partial charge is 0.259 e. The van der Waals surface area contributed by atoms with E-state index in [1.807, 2.05) is 67.6 Å². The average molecular weight is 470 g/mol. The Kier molecular flexibility index (Phi) is 6.47. The van der Waals surface area contributed by atoms with Crippen LogP contribution in [0.15, 0.2) is 83.7 Å². The molecule has 3 aromatic carbocycles. The number of aryl methyl sites for hydroxylation is 1. The van der Waals surface area contributed by atoms with E-state index < -0.39 is 0 Å². The van der Waals surface area contributed by atoms with Gasteiger partial charge in [-0.3, -0.25) is 14.3 Å². The van der Waals surface area contributed by atoms with Gasteiger partial charge in [0.25, 0.3) is 5.56 Å². The third kappa shape index (κ3) is 4.49. The largest absolute Gasteiger partial charge is 0.494 e. The molecule has 5 rings (SSSR count). The zero-order valence-electron chi connectivity index (χ0n) is 19.9. The fraction of sp³-hybridized carbons (Fsp3) is 0.241. The molecule has 1 aliphatic heterocycles. The second-order valence-electron chi connectivity index (χ2n) is 8.88. The molecule has 0 saturated heterocycles. The molecule has 1 aromatic heterocycles. The number of hydrogen-bond acceptors (Lipinski definition) is 4. The normalized spacial score (nSPS) is 13.6. The van der Waals surface area contributed by atoms with Crippen molar-refractivity contribution in [2.24, 2.45) is 0 Å². The van der Waals surface area contributed by atoms with Crippen molar-refractivity contribution in [2.75, 3.05) is 13.7 Å². The minimum atomic E-state index is -0.353. The van der Waals surface area contributed by atoms with Gasteiger partial charge >= 0.3 is 0 Å². The summed E-state index contributed by atoms with van der Waals surface area (Å²) in [7, 11) is 1.46. The first-order valence-corrected chi connectivity index (χ1v) is 11.8. The van der Waals surface area contributed by atoms with E-state index in [0.717, 1.165) is 16.8 Å². The first-order valence-electron chi connectivity index (χ1n) is 11.8. The maximum atomic E-state index is 14.8. The molecule has 2 heterocycles. The summed E-state index contributed by atoms with van der Waals surface area (Å²) in [6.45, 7) is 3.43. The fourth-order valence-electron chi connectivity index (χ4n) is 4.94. The van der Waals surface area contributed by atoms with Crippen molar-refractivity contribution in [3.05, 3.63) is 129 Å². The molecule has 0 saturated carbocycles. The monoisotopic (exact) mass is 469 g/mol. The molecule has 0 unspecified atom stereocenters. The van der Waals surface area contributed by atoms with Crippen molar-refractivity contribution in [2.45, 2.75) is 32.5 Å². The van der Waals surface area contributed by atoms with Gasteiger partial charge in [-0.1, -0.05) is 72.8 Å². The zero-order chi connectivity index (χ0) is 24.4. The van der Waals surface area contributed by atoms with Gasteiger partial charge in [0.2, 0.25) is 0 Å². The molecule has 0 fully saturated rings. The van der Waals surface area contributed by atoms with Crippen molar-refractivity contribution >= 4 is 0 Å². The van der Waals surface area contributed by atoms with Gasteiger partial charge < -0.3 is 4.74 Å². The number of nitrogens with zero attached hydrogens (tertiary/aromatic N) is 3. The van der Waals surface area contributed by atoms with E-state index in [0.29, 0.717) is 43.0 Å². The van der Waals surface area contributed by atoms with Gasteiger partial charge in [0.1, 0.15) is 5.82 Å². The van der Waals surface area contributed by atoms with Crippen LogP contribution in [-0.2, 0) is 19.5 Å². The predicted octanol–water partition coefficient (Wildman–Crippen LogP) is 4.90. The van der Waals surface area contributed by atoms with Crippen LogP contribution in [0.25, 0.3) is 0 Å². The number of ether oxygens (including phenoxy) is 1. The quantitative estimate of drug-likeness (QED) is 0.403. The summed E-state index contributed by atoms with van der Waals surface area (Å²) in [5.41, 5.74) is 4.09. The highest BCUT2D eigenvalue weighted by Crippen LogP contribution is 2.28. The SMILES string of the molecule is COc1cccc(CN2CCc3nc(C)n(C(c4ccccc4)c4ccccc4)c(=O)c3C2)c1F. The lowest BCUT2D eigenvalue weighted by atomic mass is 9.97. The minimum Gasteiger partial charge on any atom is -0.494 e. The van der Waals surface area contributed by atoms with Crippen LogP contribution >= 0.6 is 0 Å². The van der Waals surface area contributed by atoms with E-state index in [1.165, 1.54) is 7.11 Å². The number of hydrogen-bond donors (Lipinski definition) is 0. The highest BCUT2D eigenvalue weighted by molar-refractivity contribution is 5.35. The Hall–Kier alpha value is -3.77. The lowest BCUT2D eigenvalue weighted by molar-refractivity contribution is 0.235. The number of fused-ring (bicyclic) bond motifs is 1. The van der Waals surface area contributed by atoms with Crippen LogP contribution < -0.4 is 10.3 Å². The molecule has 0 spiro atoms. The molecular formula is C29H28FN3O2. The van der Waals surface area contributed by atoms with Crippen LogP contribution in [0.4, 0.5) is 4.39 Å². The maximum absolute atomic E-state index is 14.8. The Bertz CT molecular complexity index is 1350. The molecule has 6 heteroatoms. The first kappa shape index (κ1) is 23.0. The molecule has 1 aliphatic rings. The molecule has 0 bridgehead atoms. The Morgan fingerprint density at radius 1 is 0.971 bits per heavy atom. The minimum absolute atomic E-state index is 0.0407. The van der Waals surface area contributed by atoms with Crippen LogP contribution in [0.5, 0.6) is 5.75 Å². The van der Waals surface area contributed by atoms with E-state index in [-0.39, 0.29) is 23.2 Å². The van der Waals surface area contributed by atoms with Gasteiger partial charge in [-0.15, -0.1) is 0 Å². The Morgan fingerprint density at radius 3 is 2.26 bits per heavy atom. The van der Waals surface area contributed by atoms with E-state index in [9.17, 15) is 9.18 Å². The molecule has 0 radical (unpaired) electrons. The van der Waals surface area contributed by atoms with Crippen LogP contribution in [0.2, 0.25) is 0 Å². The number of rotatable bonds is 6. The van der Waals surface area contributed by atoms with Crippen molar-refractivity contribution in [1.29, 1.82) is 0 Å². The molecular weight excluding hydrogens is 441 g/mol. The zero-order valence-corrected chi connectivity index (χ0v) is 19.9. The third-order valence-electron chi connectivity index (χ3n) is 6.66. The molecule has 178 valence electrons. The van der Waals surface area contributed by atoms with Crippen molar-refractivity contribution in [3.8, 4) is 5.75 Å². The second-order valence-corrected chi connectivity index (χ2v) is 8.88. The molecule has 0 N–H and O–H groups in total. The van der Waals surface area contributed by atoms with Gasteiger partial charge in [0.15, 0.2) is 11.6 Å². The summed E-state index contributed by atoms with van der Waals surface area (Å²) in [6.07, 6.45) is 0.652. The fourth-order valence-corrected chi connectivity index (χ4v) is 4.94. The molecule has 0 atom stereocenters. The van der Waals surface area contributed by atoms with Gasteiger partial charge in [-0.05, 0) is 24.1 Å². The highest BCUT2D eigenvalue weighted by Gasteiger charge is 2.27. The van der Waals surface area contributed by atoms with E-state index in [4.69, 9.17) is 9.72 Å². The Balaban J connectivity index is 1.54. The summed E-state index contributed by atoms with van der Waals surface area (Å²) in [4.78, 5) is 21.0. The van der Waals surface area contributed by atoms with Gasteiger partial charge in [-0.25, -0.2) is 9.37 Å². The van der Waals surface area contributed by atoms with Crippen molar-refractivity contribution in [1.82, 2.24) is 14.5 Å². The third-order valence-corrected chi connectivity index (χ3v) is 6.66. The van der Waals surface area contributed by atoms with Gasteiger partial charge in [0.05, 0.1) is 24.4 Å². The maximum Gasteiger partial charge on any atom is 0.259 e. The molecule has 0 amide bonds. The first-order chi connectivity index (χ1) is 17.1. The highest BCUT2D eigenvalue weighted by atomic mass is 19.1. The number of aromatic nitrogens is 2. The standard InChI is InChI=1S/C29H28FN3O2/c1-20-31-25-16-17-32(18-23-14-9-15-26(35-2)27(23)30)19-24(25)29(34)33(20)28(21-10-5-3-6-11-21)22-12-7-4-8-13-22/h3-15,28H,16-19H2,1-2H3. The number of benzene rings is 3. The van der Waals surface area contributed by atoms with Crippen LogP contribution in [0.1, 0.15) is 39.8 Å². The summed E-state index contributed by atoms with van der Waals surface area (Å²) in [5, 5.41) is 0. The van der Waals surface area contributed by atoms with Crippen LogP contribution in [0.3, 0.4) is 0 Å². The molecule has 4 aromatic rings. The van der Waals surface area contributed by atoms with Crippen LogP contribution in [-0.4, -0.2) is 28.1 Å². The van der Waals surface area contributed by atoms with Gasteiger partial charge in [0, 0.05) is 31.6 Å².